The molecule has 3 aromatic rings. The molecule has 2 aromatic carbocycles. The van der Waals surface area contributed by atoms with Gasteiger partial charge in [-0.2, -0.15) is 33.3 Å². The van der Waals surface area contributed by atoms with Crippen LogP contribution >= 0.6 is 0 Å². The van der Waals surface area contributed by atoms with Gasteiger partial charge in [0.15, 0.2) is 5.69 Å². The molecular formula is C24H20F3N5O2. The molecule has 174 valence electrons. The van der Waals surface area contributed by atoms with E-state index in [1.54, 1.807) is 6.07 Å². The van der Waals surface area contributed by atoms with Crippen molar-refractivity contribution in [1.29, 1.82) is 5.26 Å². The van der Waals surface area contributed by atoms with Crippen molar-refractivity contribution in [3.63, 3.8) is 0 Å². The van der Waals surface area contributed by atoms with E-state index in [0.717, 1.165) is 23.3 Å². The van der Waals surface area contributed by atoms with Crippen LogP contribution in [0.15, 0.2) is 58.4 Å². The zero-order chi connectivity index (χ0) is 25.0. The average molecular weight is 467 g/mol. The maximum Gasteiger partial charge on any atom is 0.416 e. The van der Waals surface area contributed by atoms with Crippen LogP contribution in [0.2, 0.25) is 0 Å². The molecule has 0 radical (unpaired) electrons. The summed E-state index contributed by atoms with van der Waals surface area (Å²) in [5, 5.41) is 17.2. The zero-order valence-electron chi connectivity index (χ0n) is 18.5. The number of nitrogens with one attached hydrogen (secondary N) is 1. The van der Waals surface area contributed by atoms with Crippen molar-refractivity contribution in [2.75, 3.05) is 0 Å². The van der Waals surface area contributed by atoms with Crippen molar-refractivity contribution in [3.05, 3.63) is 92.4 Å². The summed E-state index contributed by atoms with van der Waals surface area (Å²) >= 11 is 0. The molecule has 1 aromatic heterocycles. The predicted octanol–water partition coefficient (Wildman–Crippen LogP) is 4.32. The Kier molecular flexibility index (Phi) is 6.96. The molecule has 0 spiro atoms. The van der Waals surface area contributed by atoms with Crippen LogP contribution in [-0.4, -0.2) is 21.9 Å². The molecule has 0 fully saturated rings. The fourth-order valence-corrected chi connectivity index (χ4v) is 3.13. The van der Waals surface area contributed by atoms with Gasteiger partial charge in [-0.3, -0.25) is 9.59 Å². The summed E-state index contributed by atoms with van der Waals surface area (Å²) in [4.78, 5) is 25.4. The molecule has 0 bridgehead atoms. The van der Waals surface area contributed by atoms with E-state index in [4.69, 9.17) is 0 Å². The molecule has 34 heavy (non-hydrogen) atoms. The monoisotopic (exact) mass is 467 g/mol. The van der Waals surface area contributed by atoms with E-state index in [-0.39, 0.29) is 16.9 Å². The van der Waals surface area contributed by atoms with Crippen molar-refractivity contribution in [2.45, 2.75) is 32.9 Å². The third kappa shape index (κ3) is 5.20. The molecule has 1 amide bonds. The number of hydrazone groups is 1. The quantitative estimate of drug-likeness (QED) is 0.446. The second-order valence-corrected chi connectivity index (χ2v) is 7.75. The van der Waals surface area contributed by atoms with Gasteiger partial charge < -0.3 is 0 Å². The Bertz CT molecular complexity index is 1350. The highest BCUT2D eigenvalue weighted by molar-refractivity contribution is 5.94. The normalized spacial score (nSPS) is 11.6. The van der Waals surface area contributed by atoms with Gasteiger partial charge in [0.2, 0.25) is 0 Å². The number of carbonyl (C=O) groups is 1. The third-order valence-corrected chi connectivity index (χ3v) is 5.06. The number of nitrogens with zero attached hydrogens (tertiary/aromatic N) is 4. The van der Waals surface area contributed by atoms with Crippen molar-refractivity contribution >= 4 is 12.1 Å². The Morgan fingerprint density at radius 3 is 2.47 bits per heavy atom. The molecule has 7 nitrogen and oxygen atoms in total. The average Bonchev–Trinajstić information content (AvgIpc) is 2.79. The number of nitriles is 1. The minimum Gasteiger partial charge on any atom is -0.266 e. The molecule has 0 aliphatic heterocycles. The molecule has 3 rings (SSSR count). The van der Waals surface area contributed by atoms with Gasteiger partial charge in [-0.1, -0.05) is 44.2 Å². The Balaban J connectivity index is 1.95. The summed E-state index contributed by atoms with van der Waals surface area (Å²) in [5.74, 6) is -0.466. The van der Waals surface area contributed by atoms with Gasteiger partial charge in [-0.05, 0) is 42.2 Å². The summed E-state index contributed by atoms with van der Waals surface area (Å²) in [5.41, 5.74) is 1.22. The van der Waals surface area contributed by atoms with Crippen LogP contribution in [0, 0.1) is 18.3 Å². The van der Waals surface area contributed by atoms with Gasteiger partial charge in [0.25, 0.3) is 11.5 Å². The van der Waals surface area contributed by atoms with Crippen molar-refractivity contribution in [1.82, 2.24) is 15.2 Å². The predicted molar refractivity (Wildman–Crippen MR) is 120 cm³/mol. The highest BCUT2D eigenvalue weighted by Gasteiger charge is 2.31. The first-order valence-electron chi connectivity index (χ1n) is 10.2. The zero-order valence-corrected chi connectivity index (χ0v) is 18.5. The number of alkyl halides is 3. The molecule has 0 aliphatic carbocycles. The standard InChI is InChI=1S/C24H20F3N5O2/c1-14(2)17-9-7-16(8-10-17)13-29-30-22(33)21-15(3)20(12-28)23(34)32(31-21)19-6-4-5-18(11-19)24(25,26)27/h4-11,13-14H,1-3H3,(H,30,33)/b29-13+. The first kappa shape index (κ1) is 24.4. The second-order valence-electron chi connectivity index (χ2n) is 7.75. The minimum absolute atomic E-state index is 0.00953. The van der Waals surface area contributed by atoms with Crippen molar-refractivity contribution < 1.29 is 18.0 Å². The Morgan fingerprint density at radius 1 is 1.21 bits per heavy atom. The number of rotatable bonds is 5. The fraction of sp³-hybridized carbons (Fsp3) is 0.208. The van der Waals surface area contributed by atoms with Crippen LogP contribution in [0.1, 0.15) is 58.1 Å². The first-order chi connectivity index (χ1) is 16.0. The molecule has 0 unspecified atom stereocenters. The van der Waals surface area contributed by atoms with Crippen LogP contribution in [0.5, 0.6) is 0 Å². The van der Waals surface area contributed by atoms with Gasteiger partial charge in [0, 0.05) is 5.56 Å². The van der Waals surface area contributed by atoms with Crippen LogP contribution < -0.4 is 11.0 Å². The first-order valence-corrected chi connectivity index (χ1v) is 10.2. The van der Waals surface area contributed by atoms with Gasteiger partial charge in [0.1, 0.15) is 11.6 Å². The van der Waals surface area contributed by atoms with Crippen LogP contribution in [0.4, 0.5) is 13.2 Å². The Labute approximate surface area is 193 Å². The summed E-state index contributed by atoms with van der Waals surface area (Å²) in [6.07, 6.45) is -3.24. The lowest BCUT2D eigenvalue weighted by Crippen LogP contribution is -2.31. The van der Waals surface area contributed by atoms with E-state index in [2.05, 4.69) is 29.5 Å². The summed E-state index contributed by atoms with van der Waals surface area (Å²) in [6.45, 7) is 5.48. The van der Waals surface area contributed by atoms with Crippen LogP contribution in [0.3, 0.4) is 0 Å². The van der Waals surface area contributed by atoms with E-state index >= 15 is 0 Å². The molecule has 0 saturated carbocycles. The van der Waals surface area contributed by atoms with E-state index in [9.17, 15) is 28.0 Å². The van der Waals surface area contributed by atoms with Crippen LogP contribution in [0.25, 0.3) is 5.69 Å². The van der Waals surface area contributed by atoms with Gasteiger partial charge in [0.05, 0.1) is 17.5 Å². The van der Waals surface area contributed by atoms with E-state index in [0.29, 0.717) is 16.7 Å². The van der Waals surface area contributed by atoms with Crippen molar-refractivity contribution in [3.8, 4) is 11.8 Å². The van der Waals surface area contributed by atoms with Gasteiger partial charge in [-0.25, -0.2) is 5.43 Å². The lowest BCUT2D eigenvalue weighted by atomic mass is 10.0. The summed E-state index contributed by atoms with van der Waals surface area (Å²) < 4.78 is 39.9. The van der Waals surface area contributed by atoms with Crippen LogP contribution in [-0.2, 0) is 6.18 Å². The molecule has 10 heteroatoms. The summed E-state index contributed by atoms with van der Waals surface area (Å²) in [7, 11) is 0. The van der Waals surface area contributed by atoms with E-state index in [1.807, 2.05) is 24.3 Å². The Hall–Kier alpha value is -4.26. The molecule has 0 atom stereocenters. The molecule has 0 saturated heterocycles. The highest BCUT2D eigenvalue weighted by atomic mass is 19.4. The second kappa shape index (κ2) is 9.70. The fourth-order valence-electron chi connectivity index (χ4n) is 3.13. The Morgan fingerprint density at radius 2 is 1.88 bits per heavy atom. The smallest absolute Gasteiger partial charge is 0.266 e. The van der Waals surface area contributed by atoms with Gasteiger partial charge in [-0.15, -0.1) is 0 Å². The lowest BCUT2D eigenvalue weighted by molar-refractivity contribution is -0.137. The SMILES string of the molecule is Cc1c(C(=O)N/N=C/c2ccc(C(C)C)cc2)nn(-c2cccc(C(F)(F)F)c2)c(=O)c1C#N. The maximum absolute atomic E-state index is 13.1. The summed E-state index contributed by atoms with van der Waals surface area (Å²) in [6, 6.07) is 13.1. The van der Waals surface area contributed by atoms with E-state index < -0.39 is 28.8 Å². The highest BCUT2D eigenvalue weighted by Crippen LogP contribution is 2.30. The third-order valence-electron chi connectivity index (χ3n) is 5.06. The lowest BCUT2D eigenvalue weighted by Gasteiger charge is -2.12. The van der Waals surface area contributed by atoms with E-state index in [1.165, 1.54) is 19.2 Å². The number of amides is 1. The largest absolute Gasteiger partial charge is 0.416 e. The van der Waals surface area contributed by atoms with Crippen molar-refractivity contribution in [2.24, 2.45) is 5.10 Å². The number of carbonyl (C=O) groups excluding carboxylic acids is 1. The molecule has 0 aliphatic rings. The number of benzene rings is 2. The molecule has 1 N–H and O–H groups in total. The number of hydrogen-bond acceptors (Lipinski definition) is 5. The molecule has 1 heterocycles. The molecular weight excluding hydrogens is 447 g/mol. The number of aromatic nitrogens is 2. The minimum atomic E-state index is -4.65. The maximum atomic E-state index is 13.1. The number of hydrogen-bond donors (Lipinski definition) is 1. The number of halogens is 3. The van der Waals surface area contributed by atoms with Gasteiger partial charge >= 0.3 is 6.18 Å². The topological polar surface area (TPSA) is 100 Å².